The van der Waals surface area contributed by atoms with Gasteiger partial charge < -0.3 is 10.1 Å². The molecule has 0 saturated carbocycles. The average Bonchev–Trinajstić information content (AvgIpc) is 2.88. The molecule has 0 aliphatic carbocycles. The average molecular weight is 304 g/mol. The molecule has 0 bridgehead atoms. The van der Waals surface area contributed by atoms with Crippen LogP contribution in [0.4, 0.5) is 0 Å². The molecule has 1 aromatic rings. The smallest absolute Gasteiger partial charge is 0.250 e. The number of hydrogen-bond acceptors (Lipinski definition) is 5. The first-order valence-corrected chi connectivity index (χ1v) is 8.62. The van der Waals surface area contributed by atoms with Crippen molar-refractivity contribution < 1.29 is 13.2 Å². The normalized spacial score (nSPS) is 23.9. The molecular formula is C12H20N2O3S2. The molecule has 1 aromatic heterocycles. The maximum atomic E-state index is 12.3. The van der Waals surface area contributed by atoms with Crippen LogP contribution in [0.5, 0.6) is 0 Å². The molecule has 1 aliphatic rings. The summed E-state index contributed by atoms with van der Waals surface area (Å²) in [7, 11) is -1.59. The number of thiophene rings is 1. The van der Waals surface area contributed by atoms with Crippen molar-refractivity contribution in [2.45, 2.75) is 43.2 Å². The van der Waals surface area contributed by atoms with Gasteiger partial charge in [0.1, 0.15) is 4.21 Å². The fourth-order valence-corrected chi connectivity index (χ4v) is 5.06. The lowest BCUT2D eigenvalue weighted by molar-refractivity contribution is 0.117. The first kappa shape index (κ1) is 14.9. The molecule has 5 nitrogen and oxygen atoms in total. The fraction of sp³-hybridized carbons (Fsp3) is 0.667. The summed E-state index contributed by atoms with van der Waals surface area (Å²) in [6.07, 6.45) is 0.668. The first-order chi connectivity index (χ1) is 8.94. The van der Waals surface area contributed by atoms with E-state index < -0.39 is 10.0 Å². The van der Waals surface area contributed by atoms with Crippen LogP contribution in [0.2, 0.25) is 0 Å². The minimum atomic E-state index is -3.44. The van der Waals surface area contributed by atoms with Crippen molar-refractivity contribution in [1.82, 2.24) is 10.0 Å². The zero-order valence-corrected chi connectivity index (χ0v) is 13.0. The van der Waals surface area contributed by atoms with Gasteiger partial charge in [-0.3, -0.25) is 0 Å². The van der Waals surface area contributed by atoms with Crippen molar-refractivity contribution in [3.63, 3.8) is 0 Å². The lowest BCUT2D eigenvalue weighted by Crippen LogP contribution is -2.38. The molecule has 0 radical (unpaired) electrons. The zero-order chi connectivity index (χ0) is 14.0. The predicted octanol–water partition coefficient (Wildman–Crippen LogP) is 1.23. The maximum Gasteiger partial charge on any atom is 0.250 e. The summed E-state index contributed by atoms with van der Waals surface area (Å²) in [4.78, 5) is 1.05. The van der Waals surface area contributed by atoms with Gasteiger partial charge in [-0.1, -0.05) is 0 Å². The third-order valence-corrected chi connectivity index (χ3v) is 6.48. The third kappa shape index (κ3) is 3.35. The quantitative estimate of drug-likeness (QED) is 0.858. The molecule has 19 heavy (non-hydrogen) atoms. The number of ether oxygens (including phenoxy) is 1. The highest BCUT2D eigenvalue weighted by atomic mass is 32.2. The van der Waals surface area contributed by atoms with E-state index in [0.29, 0.717) is 17.4 Å². The Balaban J connectivity index is 2.17. The van der Waals surface area contributed by atoms with Gasteiger partial charge in [-0.25, -0.2) is 13.1 Å². The van der Waals surface area contributed by atoms with Crippen LogP contribution in [-0.4, -0.2) is 34.2 Å². The molecule has 2 N–H and O–H groups in total. The SMILES string of the molecule is CNCc1sc(S(=O)(=O)NC2CCOC2C)cc1C. The second-order valence-electron chi connectivity index (χ2n) is 4.79. The fourth-order valence-electron chi connectivity index (χ4n) is 2.10. The Labute approximate surface area is 118 Å². The van der Waals surface area contributed by atoms with Gasteiger partial charge in [0.25, 0.3) is 0 Å². The molecule has 2 unspecified atom stereocenters. The summed E-state index contributed by atoms with van der Waals surface area (Å²) in [5, 5.41) is 3.04. The van der Waals surface area contributed by atoms with E-state index in [-0.39, 0.29) is 12.1 Å². The molecule has 1 saturated heterocycles. The number of rotatable bonds is 5. The maximum absolute atomic E-state index is 12.3. The second kappa shape index (κ2) is 5.88. The molecule has 2 rings (SSSR count). The van der Waals surface area contributed by atoms with Gasteiger partial charge in [0.15, 0.2) is 0 Å². The minimum absolute atomic E-state index is 0.0624. The topological polar surface area (TPSA) is 67.4 Å². The largest absolute Gasteiger partial charge is 0.377 e. The molecule has 2 atom stereocenters. The van der Waals surface area contributed by atoms with Crippen molar-refractivity contribution in [3.8, 4) is 0 Å². The van der Waals surface area contributed by atoms with E-state index in [1.54, 1.807) is 6.07 Å². The Kier molecular flexibility index (Phi) is 4.62. The second-order valence-corrected chi connectivity index (χ2v) is 7.87. The molecule has 0 amide bonds. The lowest BCUT2D eigenvalue weighted by Gasteiger charge is -2.15. The van der Waals surface area contributed by atoms with Crippen molar-refractivity contribution in [3.05, 3.63) is 16.5 Å². The lowest BCUT2D eigenvalue weighted by atomic mass is 10.2. The predicted molar refractivity (Wildman–Crippen MR) is 76.0 cm³/mol. The highest BCUT2D eigenvalue weighted by molar-refractivity contribution is 7.91. The molecule has 0 aromatic carbocycles. The van der Waals surface area contributed by atoms with Crippen LogP contribution in [-0.2, 0) is 21.3 Å². The Morgan fingerprint density at radius 1 is 1.53 bits per heavy atom. The van der Waals surface area contributed by atoms with Gasteiger partial charge in [0, 0.05) is 18.0 Å². The molecule has 2 heterocycles. The van der Waals surface area contributed by atoms with Gasteiger partial charge in [-0.2, -0.15) is 0 Å². The van der Waals surface area contributed by atoms with E-state index in [1.807, 2.05) is 20.9 Å². The number of nitrogens with one attached hydrogen (secondary N) is 2. The van der Waals surface area contributed by atoms with Crippen LogP contribution >= 0.6 is 11.3 Å². The van der Waals surface area contributed by atoms with E-state index in [4.69, 9.17) is 4.74 Å². The van der Waals surface area contributed by atoms with Crippen LogP contribution in [0.1, 0.15) is 23.8 Å². The van der Waals surface area contributed by atoms with E-state index in [1.165, 1.54) is 11.3 Å². The van der Waals surface area contributed by atoms with Crippen molar-refractivity contribution >= 4 is 21.4 Å². The summed E-state index contributed by atoms with van der Waals surface area (Å²) < 4.78 is 33.2. The van der Waals surface area contributed by atoms with Gasteiger partial charge in [0.2, 0.25) is 10.0 Å². The van der Waals surface area contributed by atoms with Crippen LogP contribution in [0.3, 0.4) is 0 Å². The number of aryl methyl sites for hydroxylation is 1. The highest BCUT2D eigenvalue weighted by Crippen LogP contribution is 2.27. The van der Waals surface area contributed by atoms with Crippen LogP contribution in [0.15, 0.2) is 10.3 Å². The van der Waals surface area contributed by atoms with E-state index in [2.05, 4.69) is 10.0 Å². The Morgan fingerprint density at radius 2 is 2.26 bits per heavy atom. The molecule has 1 aliphatic heterocycles. The van der Waals surface area contributed by atoms with Crippen molar-refractivity contribution in [2.75, 3.05) is 13.7 Å². The standard InChI is InChI=1S/C12H20N2O3S2/c1-8-6-12(18-11(8)7-13-3)19(15,16)14-10-4-5-17-9(10)2/h6,9-10,13-14H,4-5,7H2,1-3H3. The highest BCUT2D eigenvalue weighted by Gasteiger charge is 2.30. The summed E-state index contributed by atoms with van der Waals surface area (Å²) in [6, 6.07) is 1.61. The number of hydrogen-bond donors (Lipinski definition) is 2. The summed E-state index contributed by atoms with van der Waals surface area (Å²) in [5.41, 5.74) is 1.01. The van der Waals surface area contributed by atoms with Gasteiger partial charge in [0.05, 0.1) is 12.1 Å². The van der Waals surface area contributed by atoms with E-state index in [0.717, 1.165) is 16.9 Å². The van der Waals surface area contributed by atoms with Crippen molar-refractivity contribution in [1.29, 1.82) is 0 Å². The summed E-state index contributed by atoms with van der Waals surface area (Å²) >= 11 is 1.32. The van der Waals surface area contributed by atoms with Gasteiger partial charge in [-0.05, 0) is 38.9 Å². The van der Waals surface area contributed by atoms with Crippen LogP contribution in [0, 0.1) is 6.92 Å². The van der Waals surface area contributed by atoms with Gasteiger partial charge in [-0.15, -0.1) is 11.3 Å². The Bertz CT molecular complexity index is 539. The summed E-state index contributed by atoms with van der Waals surface area (Å²) in [6.45, 7) is 5.13. The third-order valence-electron chi connectivity index (χ3n) is 3.28. The van der Waals surface area contributed by atoms with Crippen molar-refractivity contribution in [2.24, 2.45) is 0 Å². The van der Waals surface area contributed by atoms with Crippen LogP contribution < -0.4 is 10.0 Å². The minimum Gasteiger partial charge on any atom is -0.377 e. The zero-order valence-electron chi connectivity index (χ0n) is 11.4. The Hall–Kier alpha value is -0.470. The number of sulfonamides is 1. The summed E-state index contributed by atoms with van der Waals surface area (Å²) in [5.74, 6) is 0. The van der Waals surface area contributed by atoms with Gasteiger partial charge >= 0.3 is 0 Å². The van der Waals surface area contributed by atoms with E-state index in [9.17, 15) is 8.42 Å². The van der Waals surface area contributed by atoms with Crippen LogP contribution in [0.25, 0.3) is 0 Å². The molecule has 108 valence electrons. The molecule has 1 fully saturated rings. The molecule has 0 spiro atoms. The Morgan fingerprint density at radius 3 is 2.84 bits per heavy atom. The monoisotopic (exact) mass is 304 g/mol. The van der Waals surface area contributed by atoms with E-state index >= 15 is 0 Å². The molecule has 7 heteroatoms. The molecular weight excluding hydrogens is 284 g/mol. The first-order valence-electron chi connectivity index (χ1n) is 6.32.